The third kappa shape index (κ3) is 1.96. The van der Waals surface area contributed by atoms with Crippen LogP contribution in [0.1, 0.15) is 32.2 Å². The van der Waals surface area contributed by atoms with Gasteiger partial charge in [-0.1, -0.05) is 25.9 Å². The number of rotatable bonds is 1. The van der Waals surface area contributed by atoms with Crippen molar-refractivity contribution >= 4 is 0 Å². The number of hydrogen-bond donors (Lipinski definition) is 1. The number of halogens is 1. The average Bonchev–Trinajstić information content (AvgIpc) is 2.75. The zero-order valence-corrected chi connectivity index (χ0v) is 10.8. The van der Waals surface area contributed by atoms with E-state index >= 15 is 0 Å². The Hall–Kier alpha value is -1.91. The summed E-state index contributed by atoms with van der Waals surface area (Å²) in [4.78, 5) is 4.13. The van der Waals surface area contributed by atoms with Crippen molar-refractivity contribution in [3.63, 3.8) is 0 Å². The number of aryl methyl sites for hydroxylation is 1. The Morgan fingerprint density at radius 2 is 2.00 bits per heavy atom. The smallest absolute Gasteiger partial charge is 0.173 e. The van der Waals surface area contributed by atoms with E-state index in [9.17, 15) is 9.50 Å². The fraction of sp³-hybridized carbons (Fsp3) is 0.385. The molecule has 18 heavy (non-hydrogen) atoms. The number of nitrogens with zero attached hydrogens (tertiary/aromatic N) is 2. The lowest BCUT2D eigenvalue weighted by Crippen LogP contribution is -2.15. The molecule has 0 saturated heterocycles. The molecule has 0 saturated carbocycles. The molecule has 0 aromatic carbocycles. The summed E-state index contributed by atoms with van der Waals surface area (Å²) in [5, 5.41) is 13.7. The standard InChI is InChI=1S/C13H15FN2O2/c1-7-10(14)9(8-5-6-15-18-8)11(17)12(16-7)13(2,3)4/h5-6,17H,1-4H3. The molecule has 0 aliphatic carbocycles. The molecule has 4 nitrogen and oxygen atoms in total. The molecule has 2 aromatic rings. The summed E-state index contributed by atoms with van der Waals surface area (Å²) in [5.41, 5.74) is 0.291. The van der Waals surface area contributed by atoms with Crippen LogP contribution in [0.15, 0.2) is 16.8 Å². The van der Waals surface area contributed by atoms with Crippen LogP contribution in [0.25, 0.3) is 11.3 Å². The summed E-state index contributed by atoms with van der Waals surface area (Å²) >= 11 is 0. The Bertz CT molecular complexity index is 572. The van der Waals surface area contributed by atoms with Gasteiger partial charge in [0.1, 0.15) is 5.56 Å². The molecule has 0 aliphatic heterocycles. The van der Waals surface area contributed by atoms with E-state index in [4.69, 9.17) is 4.52 Å². The lowest BCUT2D eigenvalue weighted by Gasteiger charge is -2.21. The lowest BCUT2D eigenvalue weighted by molar-refractivity contribution is 0.410. The predicted molar refractivity (Wildman–Crippen MR) is 64.8 cm³/mol. The maximum absolute atomic E-state index is 14.1. The highest BCUT2D eigenvalue weighted by Gasteiger charge is 2.27. The van der Waals surface area contributed by atoms with Crippen molar-refractivity contribution in [1.82, 2.24) is 10.1 Å². The van der Waals surface area contributed by atoms with Crippen LogP contribution in [0, 0.1) is 12.7 Å². The first-order chi connectivity index (χ1) is 8.32. The van der Waals surface area contributed by atoms with Crippen molar-refractivity contribution < 1.29 is 14.0 Å². The van der Waals surface area contributed by atoms with Gasteiger partial charge < -0.3 is 9.63 Å². The van der Waals surface area contributed by atoms with Crippen LogP contribution in [-0.2, 0) is 5.41 Å². The Morgan fingerprint density at radius 1 is 1.33 bits per heavy atom. The van der Waals surface area contributed by atoms with E-state index in [1.165, 1.54) is 12.3 Å². The maximum Gasteiger partial charge on any atom is 0.173 e. The quantitative estimate of drug-likeness (QED) is 0.844. The van der Waals surface area contributed by atoms with E-state index < -0.39 is 11.2 Å². The number of hydrogen-bond acceptors (Lipinski definition) is 4. The van der Waals surface area contributed by atoms with Gasteiger partial charge in [-0.3, -0.25) is 4.98 Å². The third-order valence-electron chi connectivity index (χ3n) is 2.67. The second-order valence-corrected chi connectivity index (χ2v) is 5.21. The minimum absolute atomic E-state index is 0.0184. The van der Waals surface area contributed by atoms with E-state index in [-0.39, 0.29) is 22.8 Å². The summed E-state index contributed by atoms with van der Waals surface area (Å²) in [6.07, 6.45) is 1.40. The van der Waals surface area contributed by atoms with E-state index in [0.29, 0.717) is 5.69 Å². The normalized spacial score (nSPS) is 11.8. The lowest BCUT2D eigenvalue weighted by atomic mass is 9.89. The van der Waals surface area contributed by atoms with Crippen LogP contribution in [0.4, 0.5) is 4.39 Å². The highest BCUT2D eigenvalue weighted by Crippen LogP contribution is 2.39. The van der Waals surface area contributed by atoms with Crippen molar-refractivity contribution in [2.24, 2.45) is 0 Å². The molecular weight excluding hydrogens is 235 g/mol. The van der Waals surface area contributed by atoms with Crippen LogP contribution in [-0.4, -0.2) is 15.2 Å². The molecular formula is C13H15FN2O2. The summed E-state index contributed by atoms with van der Waals surface area (Å²) in [6, 6.07) is 1.50. The van der Waals surface area contributed by atoms with Gasteiger partial charge in [0.25, 0.3) is 0 Å². The molecule has 96 valence electrons. The zero-order chi connectivity index (χ0) is 13.5. The largest absolute Gasteiger partial charge is 0.505 e. The molecule has 0 fully saturated rings. The summed E-state index contributed by atoms with van der Waals surface area (Å²) in [5.74, 6) is -0.583. The van der Waals surface area contributed by atoms with E-state index in [1.54, 1.807) is 6.92 Å². The number of aromatic nitrogens is 2. The van der Waals surface area contributed by atoms with E-state index in [2.05, 4.69) is 10.1 Å². The Balaban J connectivity index is 2.77. The van der Waals surface area contributed by atoms with Gasteiger partial charge in [0.15, 0.2) is 17.3 Å². The predicted octanol–water partition coefficient (Wildman–Crippen LogP) is 3.19. The van der Waals surface area contributed by atoms with Gasteiger partial charge in [0.2, 0.25) is 0 Å². The molecule has 0 bridgehead atoms. The minimum atomic E-state index is -0.586. The molecule has 0 unspecified atom stereocenters. The first-order valence-corrected chi connectivity index (χ1v) is 5.63. The van der Waals surface area contributed by atoms with Crippen molar-refractivity contribution in [2.75, 3.05) is 0 Å². The number of pyridine rings is 1. The first-order valence-electron chi connectivity index (χ1n) is 5.63. The highest BCUT2D eigenvalue weighted by atomic mass is 19.1. The van der Waals surface area contributed by atoms with E-state index in [0.717, 1.165) is 0 Å². The van der Waals surface area contributed by atoms with Crippen LogP contribution >= 0.6 is 0 Å². The molecule has 0 radical (unpaired) electrons. The summed E-state index contributed by atoms with van der Waals surface area (Å²) in [6.45, 7) is 7.26. The van der Waals surface area contributed by atoms with Gasteiger partial charge in [-0.25, -0.2) is 4.39 Å². The second kappa shape index (κ2) is 4.08. The van der Waals surface area contributed by atoms with Crippen LogP contribution in [0.2, 0.25) is 0 Å². The van der Waals surface area contributed by atoms with Gasteiger partial charge in [-0.05, 0) is 6.92 Å². The van der Waals surface area contributed by atoms with Gasteiger partial charge in [-0.2, -0.15) is 0 Å². The SMILES string of the molecule is Cc1nc(C(C)(C)C)c(O)c(-c2ccno2)c1F. The molecule has 0 atom stereocenters. The monoisotopic (exact) mass is 250 g/mol. The van der Waals surface area contributed by atoms with Gasteiger partial charge in [-0.15, -0.1) is 0 Å². The molecule has 0 aliphatic rings. The van der Waals surface area contributed by atoms with Crippen LogP contribution < -0.4 is 0 Å². The fourth-order valence-electron chi connectivity index (χ4n) is 1.77. The zero-order valence-electron chi connectivity index (χ0n) is 10.8. The molecule has 2 rings (SSSR count). The molecule has 0 spiro atoms. The first kappa shape index (κ1) is 12.5. The van der Waals surface area contributed by atoms with Crippen molar-refractivity contribution in [1.29, 1.82) is 0 Å². The Morgan fingerprint density at radius 3 is 2.50 bits per heavy atom. The van der Waals surface area contributed by atoms with E-state index in [1.807, 2.05) is 20.8 Å². The molecule has 0 amide bonds. The fourth-order valence-corrected chi connectivity index (χ4v) is 1.77. The minimum Gasteiger partial charge on any atom is -0.505 e. The Labute approximate surface area is 104 Å². The summed E-state index contributed by atoms with van der Waals surface area (Å²) in [7, 11) is 0. The average molecular weight is 250 g/mol. The Kier molecular flexibility index (Phi) is 2.84. The summed E-state index contributed by atoms with van der Waals surface area (Å²) < 4.78 is 19.0. The number of aromatic hydroxyl groups is 1. The van der Waals surface area contributed by atoms with Gasteiger partial charge >= 0.3 is 0 Å². The van der Waals surface area contributed by atoms with Gasteiger partial charge in [0, 0.05) is 11.5 Å². The van der Waals surface area contributed by atoms with Crippen molar-refractivity contribution in [2.45, 2.75) is 33.1 Å². The molecule has 2 heterocycles. The van der Waals surface area contributed by atoms with Crippen LogP contribution in [0.3, 0.4) is 0 Å². The second-order valence-electron chi connectivity index (χ2n) is 5.21. The topological polar surface area (TPSA) is 59.2 Å². The van der Waals surface area contributed by atoms with Crippen molar-refractivity contribution in [3.8, 4) is 17.1 Å². The molecule has 1 N–H and O–H groups in total. The molecule has 2 aromatic heterocycles. The van der Waals surface area contributed by atoms with Crippen molar-refractivity contribution in [3.05, 3.63) is 29.5 Å². The third-order valence-corrected chi connectivity index (χ3v) is 2.67. The highest BCUT2D eigenvalue weighted by molar-refractivity contribution is 5.68. The maximum atomic E-state index is 14.1. The molecule has 5 heteroatoms. The van der Waals surface area contributed by atoms with Crippen LogP contribution in [0.5, 0.6) is 5.75 Å². The van der Waals surface area contributed by atoms with Gasteiger partial charge in [0.05, 0.1) is 17.6 Å².